The Bertz CT molecular complexity index is 1430. The third-order valence-corrected chi connectivity index (χ3v) is 6.10. The lowest BCUT2D eigenvalue weighted by molar-refractivity contribution is 0.300. The van der Waals surface area contributed by atoms with Gasteiger partial charge in [-0.25, -0.2) is 4.39 Å². The third-order valence-electron chi connectivity index (χ3n) is 6.10. The molecule has 0 saturated carbocycles. The fourth-order valence-electron chi connectivity index (χ4n) is 4.65. The van der Waals surface area contributed by atoms with Crippen molar-refractivity contribution in [2.75, 3.05) is 0 Å². The van der Waals surface area contributed by atoms with Crippen LogP contribution in [0.5, 0.6) is 5.75 Å². The first-order chi connectivity index (χ1) is 16.1. The Morgan fingerprint density at radius 2 is 2.03 bits per heavy atom. The van der Waals surface area contributed by atoms with Crippen LogP contribution in [0.4, 0.5) is 4.39 Å². The lowest BCUT2D eigenvalue weighted by Gasteiger charge is -2.10. The molecule has 1 aliphatic heterocycles. The molecule has 4 heterocycles. The summed E-state index contributed by atoms with van der Waals surface area (Å²) in [5.74, 6) is 0.0493. The Kier molecular flexibility index (Phi) is 5.24. The molecule has 33 heavy (non-hydrogen) atoms. The van der Waals surface area contributed by atoms with Gasteiger partial charge in [-0.15, -0.1) is 0 Å². The average Bonchev–Trinajstić information content (AvgIpc) is 3.53. The van der Waals surface area contributed by atoms with Gasteiger partial charge in [0.2, 0.25) is 0 Å². The summed E-state index contributed by atoms with van der Waals surface area (Å²) in [5, 5.41) is 4.66. The first kappa shape index (κ1) is 21.0. The van der Waals surface area contributed by atoms with Crippen molar-refractivity contribution in [2.24, 2.45) is 7.05 Å². The van der Waals surface area contributed by atoms with Gasteiger partial charge in [0.15, 0.2) is 0 Å². The Morgan fingerprint density at radius 3 is 2.79 bits per heavy atom. The number of aromatic nitrogens is 3. The van der Waals surface area contributed by atoms with Crippen LogP contribution < -0.4 is 15.6 Å². The molecule has 1 aromatic carbocycles. The highest BCUT2D eigenvalue weighted by atomic mass is 19.1. The molecule has 1 N–H and O–H groups in total. The number of ether oxygens (including phenoxy) is 1. The minimum atomic E-state index is -0.396. The van der Waals surface area contributed by atoms with Crippen LogP contribution in [0.3, 0.4) is 0 Å². The zero-order valence-electron chi connectivity index (χ0n) is 18.8. The van der Waals surface area contributed by atoms with E-state index in [2.05, 4.69) is 40.2 Å². The fourth-order valence-corrected chi connectivity index (χ4v) is 4.65. The molecule has 1 atom stereocenters. The lowest BCUT2D eigenvalue weighted by atomic mass is 10.1. The SMILES string of the molecule is CC.Cn1c2c(c3ccc(-n4ccc(OCc5ccc(F)cn5)cc4=O)cc31)C1CC2=CN1. The summed E-state index contributed by atoms with van der Waals surface area (Å²) in [4.78, 5) is 16.7. The molecule has 1 unspecified atom stereocenters. The van der Waals surface area contributed by atoms with E-state index in [4.69, 9.17) is 4.74 Å². The van der Waals surface area contributed by atoms with Crippen LogP contribution in [-0.4, -0.2) is 14.1 Å². The highest BCUT2D eigenvalue weighted by Crippen LogP contribution is 2.48. The van der Waals surface area contributed by atoms with E-state index in [1.807, 2.05) is 19.9 Å². The average molecular weight is 445 g/mol. The second-order valence-electron chi connectivity index (χ2n) is 7.94. The third kappa shape index (κ3) is 3.50. The first-order valence-electron chi connectivity index (χ1n) is 11.1. The van der Waals surface area contributed by atoms with Gasteiger partial charge >= 0.3 is 0 Å². The topological polar surface area (TPSA) is 61.1 Å². The van der Waals surface area contributed by atoms with Gasteiger partial charge in [-0.2, -0.15) is 0 Å². The van der Waals surface area contributed by atoms with E-state index >= 15 is 0 Å². The minimum absolute atomic E-state index is 0.162. The number of halogens is 1. The van der Waals surface area contributed by atoms with Crippen molar-refractivity contribution in [3.05, 3.63) is 94.2 Å². The Labute approximate surface area is 191 Å². The Hall–Kier alpha value is -3.87. The van der Waals surface area contributed by atoms with Crippen molar-refractivity contribution >= 4 is 16.5 Å². The molecule has 6 rings (SSSR count). The van der Waals surface area contributed by atoms with Crippen molar-refractivity contribution in [2.45, 2.75) is 32.9 Å². The predicted molar refractivity (Wildman–Crippen MR) is 127 cm³/mol. The number of aryl methyl sites for hydroxylation is 1. The van der Waals surface area contributed by atoms with Crippen LogP contribution in [0.2, 0.25) is 0 Å². The highest BCUT2D eigenvalue weighted by molar-refractivity contribution is 5.95. The summed E-state index contributed by atoms with van der Waals surface area (Å²) < 4.78 is 22.4. The van der Waals surface area contributed by atoms with Gasteiger partial charge in [-0.1, -0.05) is 19.9 Å². The van der Waals surface area contributed by atoms with Gasteiger partial charge in [-0.3, -0.25) is 14.3 Å². The number of benzene rings is 1. The first-order valence-corrected chi connectivity index (χ1v) is 11.1. The zero-order valence-corrected chi connectivity index (χ0v) is 18.8. The summed E-state index contributed by atoms with van der Waals surface area (Å²) in [5.41, 5.74) is 6.30. The molecule has 0 amide bonds. The van der Waals surface area contributed by atoms with Crippen LogP contribution in [0.25, 0.3) is 22.2 Å². The van der Waals surface area contributed by atoms with Crippen LogP contribution in [0.1, 0.15) is 43.3 Å². The molecule has 6 nitrogen and oxygen atoms in total. The van der Waals surface area contributed by atoms with Crippen molar-refractivity contribution in [1.82, 2.24) is 19.4 Å². The number of pyridine rings is 2. The maximum absolute atomic E-state index is 13.0. The van der Waals surface area contributed by atoms with E-state index in [9.17, 15) is 9.18 Å². The summed E-state index contributed by atoms with van der Waals surface area (Å²) >= 11 is 0. The summed E-state index contributed by atoms with van der Waals surface area (Å²) in [6.07, 6.45) is 6.01. The molecular weight excluding hydrogens is 419 g/mol. The standard InChI is InChI=1S/C24H19FN4O2.C2H6/c1-28-21-9-17(4-5-19(21)23-20-8-14(11-27-20)24(23)28)29-7-6-18(10-22(29)30)31-13-16-3-2-15(25)12-26-16;1-2/h2-7,9-12,20,27H,8,13H2,1H3;1-2H3. The van der Waals surface area contributed by atoms with Crippen molar-refractivity contribution in [3.8, 4) is 11.4 Å². The van der Waals surface area contributed by atoms with Gasteiger partial charge < -0.3 is 14.6 Å². The normalized spacial score (nSPS) is 15.5. The summed E-state index contributed by atoms with van der Waals surface area (Å²) in [7, 11) is 2.08. The van der Waals surface area contributed by atoms with Crippen LogP contribution >= 0.6 is 0 Å². The molecule has 1 aliphatic carbocycles. The van der Waals surface area contributed by atoms with E-state index < -0.39 is 5.82 Å². The van der Waals surface area contributed by atoms with Gasteiger partial charge in [0.1, 0.15) is 18.2 Å². The molecule has 2 bridgehead atoms. The molecule has 4 aromatic rings. The Balaban J connectivity index is 0.00000111. The van der Waals surface area contributed by atoms with E-state index in [0.29, 0.717) is 17.5 Å². The quantitative estimate of drug-likeness (QED) is 0.489. The number of hydrogen-bond donors (Lipinski definition) is 1. The molecule has 2 aliphatic rings. The summed E-state index contributed by atoms with van der Waals surface area (Å²) in [6.45, 7) is 4.16. The second kappa shape index (κ2) is 8.24. The van der Waals surface area contributed by atoms with Crippen LogP contribution in [0, 0.1) is 5.82 Å². The molecule has 0 spiro atoms. The molecule has 0 radical (unpaired) electrons. The van der Waals surface area contributed by atoms with Gasteiger partial charge in [0.25, 0.3) is 5.56 Å². The molecule has 168 valence electrons. The summed E-state index contributed by atoms with van der Waals surface area (Å²) in [6, 6.07) is 12.6. The van der Waals surface area contributed by atoms with Crippen LogP contribution in [0.15, 0.2) is 65.9 Å². The number of fused-ring (bicyclic) bond motifs is 7. The monoisotopic (exact) mass is 444 g/mol. The van der Waals surface area contributed by atoms with Gasteiger partial charge in [-0.05, 0) is 35.9 Å². The highest BCUT2D eigenvalue weighted by Gasteiger charge is 2.35. The van der Waals surface area contributed by atoms with Crippen LogP contribution in [-0.2, 0) is 13.7 Å². The Morgan fingerprint density at radius 1 is 1.18 bits per heavy atom. The fraction of sp³-hybridized carbons (Fsp3) is 0.231. The van der Waals surface area contributed by atoms with Crippen molar-refractivity contribution in [3.63, 3.8) is 0 Å². The zero-order chi connectivity index (χ0) is 23.1. The second-order valence-corrected chi connectivity index (χ2v) is 7.94. The van der Waals surface area contributed by atoms with Crippen molar-refractivity contribution in [1.29, 1.82) is 0 Å². The van der Waals surface area contributed by atoms with Crippen molar-refractivity contribution < 1.29 is 9.13 Å². The number of hydrogen-bond acceptors (Lipinski definition) is 4. The molecule has 0 fully saturated rings. The number of nitrogens with one attached hydrogen (secondary N) is 1. The maximum atomic E-state index is 13.0. The van der Waals surface area contributed by atoms with E-state index in [-0.39, 0.29) is 12.2 Å². The smallest absolute Gasteiger partial charge is 0.258 e. The number of nitrogens with zero attached hydrogens (tertiary/aromatic N) is 3. The van der Waals surface area contributed by atoms with E-state index in [1.165, 1.54) is 34.3 Å². The predicted octanol–water partition coefficient (Wildman–Crippen LogP) is 4.86. The van der Waals surface area contributed by atoms with E-state index in [0.717, 1.165) is 23.8 Å². The maximum Gasteiger partial charge on any atom is 0.258 e. The largest absolute Gasteiger partial charge is 0.487 e. The molecule has 7 heteroatoms. The minimum Gasteiger partial charge on any atom is -0.487 e. The number of rotatable bonds is 4. The van der Waals surface area contributed by atoms with E-state index in [1.54, 1.807) is 22.9 Å². The molecule has 3 aromatic heterocycles. The van der Waals surface area contributed by atoms with Gasteiger partial charge in [0, 0.05) is 42.9 Å². The molecule has 0 saturated heterocycles. The molecular formula is C26H25FN4O2. The lowest BCUT2D eigenvalue weighted by Crippen LogP contribution is -2.16. The van der Waals surface area contributed by atoms with Gasteiger partial charge in [0.05, 0.1) is 34.8 Å².